The van der Waals surface area contributed by atoms with Gasteiger partial charge in [-0.15, -0.1) is 5.10 Å². The SMILES string of the molecule is CC(CC1CCC1)N1CC(n2cc(C(=O)O)nn2)C1. The molecule has 19 heavy (non-hydrogen) atoms. The van der Waals surface area contributed by atoms with Gasteiger partial charge in [-0.25, -0.2) is 9.48 Å². The third kappa shape index (κ3) is 2.49. The molecule has 1 aliphatic heterocycles. The molecule has 1 aromatic heterocycles. The van der Waals surface area contributed by atoms with E-state index in [0.29, 0.717) is 6.04 Å². The minimum Gasteiger partial charge on any atom is -0.476 e. The van der Waals surface area contributed by atoms with E-state index in [9.17, 15) is 4.79 Å². The number of hydrogen-bond acceptors (Lipinski definition) is 4. The molecule has 2 aliphatic rings. The van der Waals surface area contributed by atoms with Gasteiger partial charge in [0.05, 0.1) is 12.2 Å². The quantitative estimate of drug-likeness (QED) is 0.870. The molecule has 104 valence electrons. The highest BCUT2D eigenvalue weighted by Gasteiger charge is 2.34. The summed E-state index contributed by atoms with van der Waals surface area (Å²) in [5.41, 5.74) is 0.0287. The van der Waals surface area contributed by atoms with E-state index in [1.807, 2.05) is 0 Å². The summed E-state index contributed by atoms with van der Waals surface area (Å²) in [6.45, 7) is 4.20. The van der Waals surface area contributed by atoms with Gasteiger partial charge >= 0.3 is 5.97 Å². The van der Waals surface area contributed by atoms with Crippen LogP contribution in [0.5, 0.6) is 0 Å². The molecule has 1 saturated heterocycles. The Bertz CT molecular complexity index is 463. The fraction of sp³-hybridized carbons (Fsp3) is 0.769. The van der Waals surface area contributed by atoms with Crippen LogP contribution in [-0.4, -0.2) is 50.1 Å². The fourth-order valence-corrected chi connectivity index (χ4v) is 2.93. The highest BCUT2D eigenvalue weighted by molar-refractivity contribution is 5.84. The summed E-state index contributed by atoms with van der Waals surface area (Å²) in [7, 11) is 0. The maximum Gasteiger partial charge on any atom is 0.358 e. The molecule has 1 saturated carbocycles. The van der Waals surface area contributed by atoms with Crippen molar-refractivity contribution >= 4 is 5.97 Å². The van der Waals surface area contributed by atoms with Crippen molar-refractivity contribution in [1.82, 2.24) is 19.9 Å². The first-order chi connectivity index (χ1) is 9.13. The summed E-state index contributed by atoms with van der Waals surface area (Å²) in [5.74, 6) is -0.0835. The number of rotatable bonds is 5. The molecule has 6 heteroatoms. The van der Waals surface area contributed by atoms with Crippen molar-refractivity contribution in [3.8, 4) is 0 Å². The van der Waals surface area contributed by atoms with Crippen LogP contribution in [-0.2, 0) is 0 Å². The van der Waals surface area contributed by atoms with Crippen molar-refractivity contribution in [1.29, 1.82) is 0 Å². The minimum absolute atomic E-state index is 0.0287. The number of carboxylic acids is 1. The summed E-state index contributed by atoms with van der Waals surface area (Å²) < 4.78 is 1.69. The van der Waals surface area contributed by atoms with Crippen molar-refractivity contribution in [2.24, 2.45) is 5.92 Å². The van der Waals surface area contributed by atoms with Crippen molar-refractivity contribution < 1.29 is 9.90 Å². The van der Waals surface area contributed by atoms with Crippen LogP contribution in [0, 0.1) is 5.92 Å². The largest absolute Gasteiger partial charge is 0.476 e. The molecule has 0 radical (unpaired) electrons. The zero-order valence-electron chi connectivity index (χ0n) is 11.2. The van der Waals surface area contributed by atoms with Gasteiger partial charge in [0.25, 0.3) is 0 Å². The van der Waals surface area contributed by atoms with Gasteiger partial charge in [0.15, 0.2) is 5.69 Å². The van der Waals surface area contributed by atoms with E-state index < -0.39 is 5.97 Å². The molecule has 1 N–H and O–H groups in total. The van der Waals surface area contributed by atoms with Crippen LogP contribution in [0.1, 0.15) is 49.1 Å². The Morgan fingerprint density at radius 3 is 2.79 bits per heavy atom. The van der Waals surface area contributed by atoms with Gasteiger partial charge in [0, 0.05) is 19.1 Å². The normalized spacial score (nSPS) is 22.8. The molecule has 2 fully saturated rings. The molecule has 1 aliphatic carbocycles. The molecule has 1 unspecified atom stereocenters. The van der Waals surface area contributed by atoms with Gasteiger partial charge in [-0.1, -0.05) is 24.5 Å². The molecule has 1 aromatic rings. The molecule has 6 nitrogen and oxygen atoms in total. The highest BCUT2D eigenvalue weighted by atomic mass is 16.4. The zero-order chi connectivity index (χ0) is 13.4. The first kappa shape index (κ1) is 12.6. The first-order valence-electron chi connectivity index (χ1n) is 7.02. The Balaban J connectivity index is 1.49. The first-order valence-corrected chi connectivity index (χ1v) is 7.02. The molecule has 0 spiro atoms. The standard InChI is InChI=1S/C13H20N4O2/c1-9(5-10-3-2-4-10)16-6-11(7-16)17-8-12(13(18)19)14-15-17/h8-11H,2-7H2,1H3,(H,18,19). The molecular formula is C13H20N4O2. The summed E-state index contributed by atoms with van der Waals surface area (Å²) in [5, 5.41) is 16.4. The van der Waals surface area contributed by atoms with Gasteiger partial charge in [-0.05, 0) is 19.3 Å². The van der Waals surface area contributed by atoms with E-state index in [0.717, 1.165) is 19.0 Å². The Morgan fingerprint density at radius 2 is 2.26 bits per heavy atom. The fourth-order valence-electron chi connectivity index (χ4n) is 2.93. The maximum atomic E-state index is 10.8. The maximum absolute atomic E-state index is 10.8. The molecule has 2 heterocycles. The van der Waals surface area contributed by atoms with E-state index in [-0.39, 0.29) is 11.7 Å². The number of nitrogens with zero attached hydrogens (tertiary/aromatic N) is 4. The molecule has 1 atom stereocenters. The lowest BCUT2D eigenvalue weighted by Crippen LogP contribution is -2.52. The number of aromatic carboxylic acids is 1. The van der Waals surface area contributed by atoms with E-state index in [1.165, 1.54) is 31.9 Å². The second-order valence-corrected chi connectivity index (χ2v) is 5.88. The molecule has 0 aromatic carbocycles. The Labute approximate surface area is 112 Å². The number of carbonyl (C=O) groups is 1. The lowest BCUT2D eigenvalue weighted by atomic mass is 9.80. The van der Waals surface area contributed by atoms with Crippen LogP contribution >= 0.6 is 0 Å². The zero-order valence-corrected chi connectivity index (χ0v) is 11.2. The third-order valence-electron chi connectivity index (χ3n) is 4.52. The van der Waals surface area contributed by atoms with Gasteiger partial charge in [0.2, 0.25) is 0 Å². The Morgan fingerprint density at radius 1 is 1.53 bits per heavy atom. The summed E-state index contributed by atoms with van der Waals surface area (Å²) in [4.78, 5) is 13.2. The predicted molar refractivity (Wildman–Crippen MR) is 69.0 cm³/mol. The van der Waals surface area contributed by atoms with Crippen LogP contribution < -0.4 is 0 Å². The minimum atomic E-state index is -1.01. The molecular weight excluding hydrogens is 244 g/mol. The third-order valence-corrected chi connectivity index (χ3v) is 4.52. The predicted octanol–water partition coefficient (Wildman–Crippen LogP) is 1.41. The van der Waals surface area contributed by atoms with Crippen LogP contribution in [0.25, 0.3) is 0 Å². The molecule has 3 rings (SSSR count). The van der Waals surface area contributed by atoms with Crippen molar-refractivity contribution in [2.45, 2.75) is 44.7 Å². The summed E-state index contributed by atoms with van der Waals surface area (Å²) in [6, 6.07) is 0.911. The van der Waals surface area contributed by atoms with E-state index in [1.54, 1.807) is 4.68 Å². The average Bonchev–Trinajstić information content (AvgIpc) is 2.71. The van der Waals surface area contributed by atoms with Gasteiger partial charge < -0.3 is 5.11 Å². The van der Waals surface area contributed by atoms with Gasteiger partial charge in [-0.2, -0.15) is 0 Å². The van der Waals surface area contributed by atoms with Gasteiger partial charge in [0.1, 0.15) is 0 Å². The number of carboxylic acid groups (broad SMARTS) is 1. The van der Waals surface area contributed by atoms with Crippen LogP contribution in [0.4, 0.5) is 0 Å². The van der Waals surface area contributed by atoms with E-state index >= 15 is 0 Å². The Hall–Kier alpha value is -1.43. The topological polar surface area (TPSA) is 71.2 Å². The number of aromatic nitrogens is 3. The van der Waals surface area contributed by atoms with Crippen LogP contribution in [0.3, 0.4) is 0 Å². The van der Waals surface area contributed by atoms with Gasteiger partial charge in [-0.3, -0.25) is 4.90 Å². The van der Waals surface area contributed by atoms with E-state index in [2.05, 4.69) is 22.1 Å². The van der Waals surface area contributed by atoms with E-state index in [4.69, 9.17) is 5.11 Å². The molecule has 0 bridgehead atoms. The number of hydrogen-bond donors (Lipinski definition) is 1. The molecule has 0 amide bonds. The lowest BCUT2D eigenvalue weighted by Gasteiger charge is -2.44. The monoisotopic (exact) mass is 264 g/mol. The average molecular weight is 264 g/mol. The van der Waals surface area contributed by atoms with Crippen molar-refractivity contribution in [3.05, 3.63) is 11.9 Å². The van der Waals surface area contributed by atoms with Crippen molar-refractivity contribution in [3.63, 3.8) is 0 Å². The summed E-state index contributed by atoms with van der Waals surface area (Å²) in [6.07, 6.45) is 7.02. The second kappa shape index (κ2) is 4.92. The van der Waals surface area contributed by atoms with Crippen molar-refractivity contribution in [2.75, 3.05) is 13.1 Å². The second-order valence-electron chi connectivity index (χ2n) is 5.88. The Kier molecular flexibility index (Phi) is 3.26. The lowest BCUT2D eigenvalue weighted by molar-refractivity contribution is 0.0416. The van der Waals surface area contributed by atoms with Crippen LogP contribution in [0.2, 0.25) is 0 Å². The summed E-state index contributed by atoms with van der Waals surface area (Å²) >= 11 is 0. The van der Waals surface area contributed by atoms with Crippen LogP contribution in [0.15, 0.2) is 6.20 Å². The highest BCUT2D eigenvalue weighted by Crippen LogP contribution is 2.33. The smallest absolute Gasteiger partial charge is 0.358 e. The number of likely N-dealkylation sites (tertiary alicyclic amines) is 1.